The molecule has 160 valence electrons. The molecule has 0 aliphatic carbocycles. The average Bonchev–Trinajstić information content (AvgIpc) is 2.78. The van der Waals surface area contributed by atoms with Gasteiger partial charge in [-0.05, 0) is 55.2 Å². The van der Waals surface area contributed by atoms with Crippen LogP contribution in [0.15, 0.2) is 54.6 Å². The summed E-state index contributed by atoms with van der Waals surface area (Å²) in [6, 6.07) is 17.9. The summed E-state index contributed by atoms with van der Waals surface area (Å²) in [6.07, 6.45) is 1.64. The van der Waals surface area contributed by atoms with E-state index in [0.29, 0.717) is 6.54 Å². The lowest BCUT2D eigenvalue weighted by Crippen LogP contribution is -2.40. The molecule has 1 saturated heterocycles. The number of fused-ring (bicyclic) bond motifs is 1. The molecule has 0 unspecified atom stereocenters. The van der Waals surface area contributed by atoms with Crippen molar-refractivity contribution in [3.05, 3.63) is 65.7 Å². The van der Waals surface area contributed by atoms with E-state index in [-0.39, 0.29) is 17.7 Å². The Morgan fingerprint density at radius 1 is 1.06 bits per heavy atom. The maximum absolute atomic E-state index is 12.6. The van der Waals surface area contributed by atoms with E-state index in [0.717, 1.165) is 59.5 Å². The highest BCUT2D eigenvalue weighted by atomic mass is 16.2. The lowest BCUT2D eigenvalue weighted by atomic mass is 9.95. The van der Waals surface area contributed by atoms with Gasteiger partial charge in [-0.3, -0.25) is 9.59 Å². The molecule has 0 saturated carbocycles. The molecule has 6 nitrogen and oxygen atoms in total. The molecule has 6 heteroatoms. The van der Waals surface area contributed by atoms with Gasteiger partial charge in [0.05, 0.1) is 5.52 Å². The number of anilines is 2. The van der Waals surface area contributed by atoms with Gasteiger partial charge in [0.2, 0.25) is 11.8 Å². The molecule has 1 aromatic heterocycles. The van der Waals surface area contributed by atoms with Crippen molar-refractivity contribution in [2.24, 2.45) is 5.92 Å². The number of hydrogen-bond acceptors (Lipinski definition) is 4. The van der Waals surface area contributed by atoms with Crippen molar-refractivity contribution < 1.29 is 9.59 Å². The van der Waals surface area contributed by atoms with Gasteiger partial charge in [-0.15, -0.1) is 0 Å². The molecule has 0 bridgehead atoms. The first-order valence-electron chi connectivity index (χ1n) is 10.7. The van der Waals surface area contributed by atoms with Crippen LogP contribution in [0.3, 0.4) is 0 Å². The third-order valence-electron chi connectivity index (χ3n) is 5.82. The lowest BCUT2D eigenvalue weighted by Gasteiger charge is -2.32. The van der Waals surface area contributed by atoms with Crippen LogP contribution in [0.1, 0.15) is 30.9 Å². The van der Waals surface area contributed by atoms with E-state index in [9.17, 15) is 9.59 Å². The predicted molar refractivity (Wildman–Crippen MR) is 124 cm³/mol. The van der Waals surface area contributed by atoms with Crippen LogP contribution in [-0.4, -0.2) is 29.9 Å². The van der Waals surface area contributed by atoms with Gasteiger partial charge < -0.3 is 15.5 Å². The first kappa shape index (κ1) is 20.8. The Hall–Kier alpha value is -3.41. The summed E-state index contributed by atoms with van der Waals surface area (Å²) in [7, 11) is 0. The molecule has 1 aliphatic heterocycles. The number of hydrogen-bond donors (Lipinski definition) is 2. The number of aryl methyl sites for hydroxylation is 1. The second kappa shape index (κ2) is 9.16. The Kier molecular flexibility index (Phi) is 6.16. The Bertz CT molecular complexity index is 1090. The fourth-order valence-electron chi connectivity index (χ4n) is 4.12. The normalized spacial score (nSPS) is 14.5. The number of benzene rings is 2. The van der Waals surface area contributed by atoms with Crippen LogP contribution in [0.4, 0.5) is 11.5 Å². The summed E-state index contributed by atoms with van der Waals surface area (Å²) in [6.45, 7) is 5.77. The Balaban J connectivity index is 1.39. The molecule has 0 atom stereocenters. The Morgan fingerprint density at radius 3 is 2.52 bits per heavy atom. The molecule has 2 amide bonds. The van der Waals surface area contributed by atoms with Crippen LogP contribution < -0.4 is 15.5 Å². The van der Waals surface area contributed by atoms with Crippen LogP contribution in [0.5, 0.6) is 0 Å². The topological polar surface area (TPSA) is 74.3 Å². The monoisotopic (exact) mass is 416 g/mol. The average molecular weight is 417 g/mol. The molecule has 0 spiro atoms. The van der Waals surface area contributed by atoms with Gasteiger partial charge in [-0.2, -0.15) is 0 Å². The lowest BCUT2D eigenvalue weighted by molar-refractivity contribution is -0.125. The summed E-state index contributed by atoms with van der Waals surface area (Å²) < 4.78 is 0. The molecule has 2 N–H and O–H groups in total. The maximum Gasteiger partial charge on any atom is 0.223 e. The number of carbonyl (C=O) groups is 2. The van der Waals surface area contributed by atoms with Crippen molar-refractivity contribution in [2.75, 3.05) is 23.3 Å². The zero-order valence-corrected chi connectivity index (χ0v) is 18.0. The van der Waals surface area contributed by atoms with Crippen LogP contribution >= 0.6 is 0 Å². The number of amides is 2. The molecule has 3 aromatic rings. The first-order chi connectivity index (χ1) is 15.0. The summed E-state index contributed by atoms with van der Waals surface area (Å²) in [4.78, 5) is 31.0. The summed E-state index contributed by atoms with van der Waals surface area (Å²) in [5.41, 5.74) is 3.92. The molecule has 0 radical (unpaired) electrons. The molecule has 2 heterocycles. The van der Waals surface area contributed by atoms with Crippen LogP contribution in [0, 0.1) is 12.8 Å². The second-order valence-corrected chi connectivity index (χ2v) is 8.18. The quantitative estimate of drug-likeness (QED) is 0.658. The Labute approximate surface area is 182 Å². The number of nitrogens with one attached hydrogen (secondary N) is 2. The van der Waals surface area contributed by atoms with E-state index in [1.165, 1.54) is 6.92 Å². The van der Waals surface area contributed by atoms with E-state index in [1.54, 1.807) is 0 Å². The van der Waals surface area contributed by atoms with E-state index < -0.39 is 0 Å². The fourth-order valence-corrected chi connectivity index (χ4v) is 4.12. The highest BCUT2D eigenvalue weighted by Gasteiger charge is 2.25. The van der Waals surface area contributed by atoms with Gasteiger partial charge in [-0.25, -0.2) is 4.98 Å². The molecule has 1 aliphatic rings. The number of pyridine rings is 1. The largest absolute Gasteiger partial charge is 0.357 e. The van der Waals surface area contributed by atoms with Crippen molar-refractivity contribution in [3.8, 4) is 0 Å². The van der Waals surface area contributed by atoms with Gasteiger partial charge >= 0.3 is 0 Å². The summed E-state index contributed by atoms with van der Waals surface area (Å²) in [5.74, 6) is 1.04. The Morgan fingerprint density at radius 2 is 1.81 bits per heavy atom. The van der Waals surface area contributed by atoms with Crippen molar-refractivity contribution in [1.29, 1.82) is 0 Å². The summed E-state index contributed by atoms with van der Waals surface area (Å²) in [5, 5.41) is 6.93. The second-order valence-electron chi connectivity index (χ2n) is 8.18. The molecular formula is C25H28N4O2. The minimum absolute atomic E-state index is 0.0433. The highest BCUT2D eigenvalue weighted by molar-refractivity contribution is 5.93. The van der Waals surface area contributed by atoms with Crippen molar-refractivity contribution in [3.63, 3.8) is 0 Å². The number of aromatic nitrogens is 1. The number of nitrogens with zero attached hydrogens (tertiary/aromatic N) is 2. The van der Waals surface area contributed by atoms with Crippen LogP contribution in [0.25, 0.3) is 10.9 Å². The highest BCUT2D eigenvalue weighted by Crippen LogP contribution is 2.28. The minimum atomic E-state index is -0.0859. The molecule has 1 fully saturated rings. The zero-order chi connectivity index (χ0) is 21.8. The number of carbonyl (C=O) groups excluding carboxylic acids is 2. The molecule has 2 aromatic carbocycles. The molecule has 31 heavy (non-hydrogen) atoms. The SMILES string of the molecule is CC(=O)Nc1ccc2nc(N3CCC(C(=O)NCc4ccccc4)CC3)cc(C)c2c1. The smallest absolute Gasteiger partial charge is 0.223 e. The fraction of sp³-hybridized carbons (Fsp3) is 0.320. The third-order valence-corrected chi connectivity index (χ3v) is 5.82. The zero-order valence-electron chi connectivity index (χ0n) is 18.0. The van der Waals surface area contributed by atoms with E-state index in [1.807, 2.05) is 48.5 Å². The standard InChI is InChI=1S/C25H28N4O2/c1-17-14-24(28-23-9-8-21(15-22(17)23)27-18(2)30)29-12-10-20(11-13-29)25(31)26-16-19-6-4-3-5-7-19/h3-9,14-15,20H,10-13,16H2,1-2H3,(H,26,31)(H,27,30). The number of rotatable bonds is 5. The van der Waals surface area contributed by atoms with Crippen molar-refractivity contribution in [2.45, 2.75) is 33.2 Å². The van der Waals surface area contributed by atoms with Crippen LogP contribution in [-0.2, 0) is 16.1 Å². The summed E-state index contributed by atoms with van der Waals surface area (Å²) >= 11 is 0. The van der Waals surface area contributed by atoms with Gasteiger partial charge in [0.25, 0.3) is 0 Å². The van der Waals surface area contributed by atoms with Gasteiger partial charge in [-0.1, -0.05) is 30.3 Å². The number of piperidine rings is 1. The molecular weight excluding hydrogens is 388 g/mol. The van der Waals surface area contributed by atoms with Gasteiger partial charge in [0, 0.05) is 43.5 Å². The van der Waals surface area contributed by atoms with Crippen molar-refractivity contribution in [1.82, 2.24) is 10.3 Å². The maximum atomic E-state index is 12.6. The van der Waals surface area contributed by atoms with E-state index in [4.69, 9.17) is 4.98 Å². The van der Waals surface area contributed by atoms with Gasteiger partial charge in [0.15, 0.2) is 0 Å². The first-order valence-corrected chi connectivity index (χ1v) is 10.7. The van der Waals surface area contributed by atoms with E-state index >= 15 is 0 Å². The van der Waals surface area contributed by atoms with Gasteiger partial charge in [0.1, 0.15) is 5.82 Å². The van der Waals surface area contributed by atoms with Crippen LogP contribution in [0.2, 0.25) is 0 Å². The molecule has 4 rings (SSSR count). The third kappa shape index (κ3) is 5.02. The van der Waals surface area contributed by atoms with Crippen molar-refractivity contribution >= 4 is 34.2 Å². The predicted octanol–water partition coefficient (Wildman–Crippen LogP) is 4.03. The van der Waals surface area contributed by atoms with E-state index in [2.05, 4.69) is 28.5 Å². The minimum Gasteiger partial charge on any atom is -0.357 e.